The van der Waals surface area contributed by atoms with Gasteiger partial charge in [0.1, 0.15) is 0 Å². The van der Waals surface area contributed by atoms with Crippen LogP contribution in [0.2, 0.25) is 0 Å². The van der Waals surface area contributed by atoms with E-state index >= 15 is 0 Å². The first kappa shape index (κ1) is 26.7. The second-order valence-corrected chi connectivity index (χ2v) is 14.2. The van der Waals surface area contributed by atoms with Gasteiger partial charge in [0, 0.05) is 57.4 Å². The van der Waals surface area contributed by atoms with Crippen molar-refractivity contribution in [1.82, 2.24) is 0 Å². The molecule has 0 atom stereocenters. The highest BCUT2D eigenvalue weighted by atomic mass is 32.1. The molecule has 0 bridgehead atoms. The Kier molecular flexibility index (Phi) is 5.98. The smallest absolute Gasteiger partial charge is 0.0468 e. The van der Waals surface area contributed by atoms with E-state index in [1.807, 2.05) is 22.7 Å². The zero-order valence-electron chi connectivity index (χ0n) is 25.4. The highest BCUT2D eigenvalue weighted by Gasteiger charge is 2.17. The van der Waals surface area contributed by atoms with Crippen molar-refractivity contribution in [2.45, 2.75) is 0 Å². The molecule has 0 spiro atoms. The van der Waals surface area contributed by atoms with Crippen molar-refractivity contribution in [2.75, 3.05) is 4.90 Å². The fraction of sp³-hybridized carbons (Fsp3) is 0. The third-order valence-corrected chi connectivity index (χ3v) is 11.9. The molecule has 3 heteroatoms. The first-order chi connectivity index (χ1) is 23.3. The fourth-order valence-corrected chi connectivity index (χ4v) is 9.82. The van der Waals surface area contributed by atoms with Gasteiger partial charge in [-0.25, -0.2) is 0 Å². The lowest BCUT2D eigenvalue weighted by Gasteiger charge is -2.26. The third kappa shape index (κ3) is 4.21. The molecule has 8 aromatic carbocycles. The minimum absolute atomic E-state index is 1.13. The summed E-state index contributed by atoms with van der Waals surface area (Å²) in [7, 11) is 0. The summed E-state index contributed by atoms with van der Waals surface area (Å²) in [6, 6.07) is 59.9. The van der Waals surface area contributed by atoms with Crippen molar-refractivity contribution in [3.63, 3.8) is 0 Å². The van der Waals surface area contributed by atoms with Crippen molar-refractivity contribution >= 4 is 102 Å². The average Bonchev–Trinajstić information content (AvgIpc) is 3.71. The molecule has 2 aromatic heterocycles. The molecule has 0 amide bonds. The Bertz CT molecular complexity index is 2790. The van der Waals surface area contributed by atoms with Gasteiger partial charge in [-0.05, 0) is 81.2 Å². The second-order valence-electron chi connectivity index (χ2n) is 12.1. The summed E-state index contributed by atoms with van der Waals surface area (Å²) in [5.41, 5.74) is 5.93. The molecule has 0 radical (unpaired) electrons. The largest absolute Gasteiger partial charge is 0.310 e. The van der Waals surface area contributed by atoms with Crippen LogP contribution in [0.5, 0.6) is 0 Å². The standard InChI is InChI=1S/C44H27NS2/c1-2-10-31(11-3-1)45(33-23-24-35-30(27-33)18-17-28-9-4-5-12-34(28)35)32-21-19-29(20-22-32)36-14-8-15-37-38-25-26-41-42(44(38)47-43(36)37)39-13-6-7-16-40(39)46-41/h1-27H. The Morgan fingerprint density at radius 2 is 1.02 bits per heavy atom. The molecule has 220 valence electrons. The van der Waals surface area contributed by atoms with Gasteiger partial charge < -0.3 is 4.90 Å². The predicted octanol–water partition coefficient (Wildman–Crippen LogP) is 13.9. The quantitative estimate of drug-likeness (QED) is 0.174. The molecule has 1 nitrogen and oxygen atoms in total. The number of anilines is 3. The molecule has 10 aromatic rings. The molecule has 47 heavy (non-hydrogen) atoms. The number of hydrogen-bond donors (Lipinski definition) is 0. The molecular weight excluding hydrogens is 607 g/mol. The van der Waals surface area contributed by atoms with Gasteiger partial charge in [0.25, 0.3) is 0 Å². The lowest BCUT2D eigenvalue weighted by molar-refractivity contribution is 1.29. The van der Waals surface area contributed by atoms with Gasteiger partial charge in [-0.3, -0.25) is 0 Å². The molecule has 10 rings (SSSR count). The first-order valence-corrected chi connectivity index (χ1v) is 17.6. The van der Waals surface area contributed by atoms with E-state index in [1.54, 1.807) is 0 Å². The molecule has 2 heterocycles. The van der Waals surface area contributed by atoms with Crippen molar-refractivity contribution in [2.24, 2.45) is 0 Å². The minimum atomic E-state index is 1.13. The number of thiophene rings is 2. The zero-order valence-corrected chi connectivity index (χ0v) is 27.0. The highest BCUT2D eigenvalue weighted by molar-refractivity contribution is 7.30. The Labute approximate surface area is 280 Å². The minimum Gasteiger partial charge on any atom is -0.310 e. The van der Waals surface area contributed by atoms with E-state index in [2.05, 4.69) is 169 Å². The van der Waals surface area contributed by atoms with Gasteiger partial charge in [-0.1, -0.05) is 115 Å². The van der Waals surface area contributed by atoms with E-state index in [0.29, 0.717) is 0 Å². The summed E-state index contributed by atoms with van der Waals surface area (Å²) >= 11 is 3.82. The van der Waals surface area contributed by atoms with Crippen LogP contribution in [0.4, 0.5) is 17.1 Å². The van der Waals surface area contributed by atoms with Gasteiger partial charge in [-0.2, -0.15) is 0 Å². The summed E-state index contributed by atoms with van der Waals surface area (Å²) in [6.45, 7) is 0. The van der Waals surface area contributed by atoms with Gasteiger partial charge in [0.2, 0.25) is 0 Å². The van der Waals surface area contributed by atoms with Crippen LogP contribution >= 0.6 is 22.7 Å². The zero-order chi connectivity index (χ0) is 30.9. The lowest BCUT2D eigenvalue weighted by atomic mass is 10.0. The summed E-state index contributed by atoms with van der Waals surface area (Å²) in [5.74, 6) is 0. The molecular formula is C44H27NS2. The van der Waals surface area contributed by atoms with Crippen LogP contribution in [0.15, 0.2) is 164 Å². The fourth-order valence-electron chi connectivity index (χ4n) is 7.25. The van der Waals surface area contributed by atoms with Crippen molar-refractivity contribution in [3.8, 4) is 11.1 Å². The summed E-state index contributed by atoms with van der Waals surface area (Å²) in [6.07, 6.45) is 0. The van der Waals surface area contributed by atoms with Gasteiger partial charge >= 0.3 is 0 Å². The highest BCUT2D eigenvalue weighted by Crippen LogP contribution is 2.47. The first-order valence-electron chi connectivity index (χ1n) is 15.9. The van der Waals surface area contributed by atoms with E-state index in [0.717, 1.165) is 17.1 Å². The molecule has 0 N–H and O–H groups in total. The number of fused-ring (bicyclic) bond motifs is 10. The Morgan fingerprint density at radius 3 is 1.91 bits per heavy atom. The Balaban J connectivity index is 1.10. The average molecular weight is 634 g/mol. The van der Waals surface area contributed by atoms with Crippen LogP contribution in [0.25, 0.3) is 73.0 Å². The van der Waals surface area contributed by atoms with E-state index in [4.69, 9.17) is 0 Å². The second kappa shape index (κ2) is 10.5. The van der Waals surface area contributed by atoms with Gasteiger partial charge in [-0.15, -0.1) is 22.7 Å². The number of rotatable bonds is 4. The maximum Gasteiger partial charge on any atom is 0.0468 e. The third-order valence-electron chi connectivity index (χ3n) is 9.44. The van der Waals surface area contributed by atoms with Crippen LogP contribution in [0, 0.1) is 0 Å². The van der Waals surface area contributed by atoms with E-state index in [-0.39, 0.29) is 0 Å². The van der Waals surface area contributed by atoms with Crippen LogP contribution in [-0.4, -0.2) is 0 Å². The number of nitrogens with zero attached hydrogens (tertiary/aromatic N) is 1. The van der Waals surface area contributed by atoms with Crippen LogP contribution in [0.1, 0.15) is 0 Å². The number of para-hydroxylation sites is 1. The lowest BCUT2D eigenvalue weighted by Crippen LogP contribution is -2.09. The summed E-state index contributed by atoms with van der Waals surface area (Å²) in [4.78, 5) is 2.36. The van der Waals surface area contributed by atoms with Crippen LogP contribution in [0.3, 0.4) is 0 Å². The normalized spacial score (nSPS) is 11.8. The molecule has 0 fully saturated rings. The van der Waals surface area contributed by atoms with E-state index in [9.17, 15) is 0 Å². The maximum atomic E-state index is 2.36. The van der Waals surface area contributed by atoms with Gasteiger partial charge in [0.15, 0.2) is 0 Å². The van der Waals surface area contributed by atoms with E-state index in [1.165, 1.54) is 73.0 Å². The SMILES string of the molecule is c1ccc(N(c2ccc(-c3cccc4c3sc3c4ccc4sc5ccccc5c43)cc2)c2ccc3c(ccc4ccccc43)c2)cc1. The number of hydrogen-bond acceptors (Lipinski definition) is 3. The summed E-state index contributed by atoms with van der Waals surface area (Å²) < 4.78 is 5.45. The molecule has 0 aliphatic rings. The molecule has 0 saturated heterocycles. The molecule has 0 saturated carbocycles. The van der Waals surface area contributed by atoms with Gasteiger partial charge in [0.05, 0.1) is 0 Å². The molecule has 0 unspecified atom stereocenters. The Hall–Kier alpha value is -5.48. The van der Waals surface area contributed by atoms with Crippen LogP contribution < -0.4 is 4.90 Å². The van der Waals surface area contributed by atoms with E-state index < -0.39 is 0 Å². The Morgan fingerprint density at radius 1 is 0.362 bits per heavy atom. The number of benzene rings is 8. The summed E-state index contributed by atoms with van der Waals surface area (Å²) in [5, 5.41) is 10.5. The topological polar surface area (TPSA) is 3.24 Å². The van der Waals surface area contributed by atoms with Crippen molar-refractivity contribution in [3.05, 3.63) is 164 Å². The maximum absolute atomic E-state index is 2.36. The van der Waals surface area contributed by atoms with Crippen molar-refractivity contribution in [1.29, 1.82) is 0 Å². The monoisotopic (exact) mass is 633 g/mol. The molecule has 0 aliphatic heterocycles. The molecule has 0 aliphatic carbocycles. The van der Waals surface area contributed by atoms with Crippen molar-refractivity contribution < 1.29 is 0 Å². The van der Waals surface area contributed by atoms with Crippen LogP contribution in [-0.2, 0) is 0 Å². The predicted molar refractivity (Wildman–Crippen MR) is 207 cm³/mol.